The quantitative estimate of drug-likeness (QED) is 0.515. The summed E-state index contributed by atoms with van der Waals surface area (Å²) in [4.78, 5) is 0. The van der Waals surface area contributed by atoms with Gasteiger partial charge in [0.15, 0.2) is 0 Å². The molecule has 2 aliphatic rings. The van der Waals surface area contributed by atoms with Crippen LogP contribution in [-0.2, 0) is 0 Å². The number of hydrogen-bond acceptors (Lipinski definition) is 0. The van der Waals surface area contributed by atoms with Crippen molar-refractivity contribution in [2.75, 3.05) is 0 Å². The molecule has 0 unspecified atom stereocenters. The molecule has 0 N–H and O–H groups in total. The molecular formula is C27H20. The van der Waals surface area contributed by atoms with Crippen LogP contribution in [0.1, 0.15) is 30.4 Å². The Morgan fingerprint density at radius 2 is 1.11 bits per heavy atom. The van der Waals surface area contributed by atoms with Gasteiger partial charge in [-0.1, -0.05) is 84.4 Å². The molecule has 0 heterocycles. The predicted molar refractivity (Wildman–Crippen MR) is 113 cm³/mol. The van der Waals surface area contributed by atoms with Crippen molar-refractivity contribution in [3.05, 3.63) is 118 Å². The summed E-state index contributed by atoms with van der Waals surface area (Å²) < 4.78 is 0. The minimum absolute atomic E-state index is 0.920. The molecule has 0 atom stereocenters. The van der Waals surface area contributed by atoms with Crippen LogP contribution in [0.5, 0.6) is 0 Å². The molecule has 0 spiro atoms. The number of rotatable bonds is 0. The summed E-state index contributed by atoms with van der Waals surface area (Å²) >= 11 is 0. The summed E-state index contributed by atoms with van der Waals surface area (Å²) in [5.41, 5.74) is 6.87. The van der Waals surface area contributed by atoms with Crippen molar-refractivity contribution in [1.82, 2.24) is 0 Å². The Morgan fingerprint density at radius 3 is 1.59 bits per heavy atom. The molecule has 0 nitrogen and oxygen atoms in total. The Labute approximate surface area is 161 Å². The van der Waals surface area contributed by atoms with Crippen LogP contribution >= 0.6 is 0 Å². The van der Waals surface area contributed by atoms with Gasteiger partial charge in [0.25, 0.3) is 0 Å². The average molecular weight is 344 g/mol. The van der Waals surface area contributed by atoms with Crippen LogP contribution in [-0.4, -0.2) is 0 Å². The second kappa shape index (κ2) is 8.27. The van der Waals surface area contributed by atoms with E-state index in [0.717, 1.165) is 29.5 Å². The summed E-state index contributed by atoms with van der Waals surface area (Å²) in [6.45, 7) is 0. The predicted octanol–water partition coefficient (Wildman–Crippen LogP) is 5.99. The molecule has 2 bridgehead atoms. The molecule has 0 saturated heterocycles. The topological polar surface area (TPSA) is 0 Å². The van der Waals surface area contributed by atoms with Crippen LogP contribution in [0.2, 0.25) is 0 Å². The van der Waals surface area contributed by atoms with Gasteiger partial charge in [0.05, 0.1) is 5.57 Å². The van der Waals surface area contributed by atoms with Crippen LogP contribution in [0.25, 0.3) is 0 Å². The van der Waals surface area contributed by atoms with E-state index >= 15 is 0 Å². The van der Waals surface area contributed by atoms with Crippen molar-refractivity contribution in [2.24, 2.45) is 0 Å². The Morgan fingerprint density at radius 1 is 0.630 bits per heavy atom. The molecule has 2 aliphatic carbocycles. The zero-order chi connectivity index (χ0) is 18.3. The van der Waals surface area contributed by atoms with Gasteiger partial charge in [0, 0.05) is 16.7 Å². The first-order valence-electron chi connectivity index (χ1n) is 9.36. The van der Waals surface area contributed by atoms with E-state index in [1.54, 1.807) is 0 Å². The fraction of sp³-hybridized carbons (Fsp3) is 0.111. The van der Waals surface area contributed by atoms with Crippen LogP contribution in [0.15, 0.2) is 107 Å². The zero-order valence-corrected chi connectivity index (χ0v) is 15.2. The first-order chi connectivity index (χ1) is 13.4. The van der Waals surface area contributed by atoms with Crippen LogP contribution in [0, 0.1) is 23.7 Å². The fourth-order valence-corrected chi connectivity index (χ4v) is 3.39. The van der Waals surface area contributed by atoms with Crippen LogP contribution < -0.4 is 0 Å². The Balaban J connectivity index is 1.84. The van der Waals surface area contributed by atoms with Gasteiger partial charge in [-0.05, 0) is 54.7 Å². The van der Waals surface area contributed by atoms with Crippen molar-refractivity contribution in [3.63, 3.8) is 0 Å². The summed E-state index contributed by atoms with van der Waals surface area (Å²) in [5.74, 6) is 13.4. The smallest absolute Gasteiger partial charge is 0.0622 e. The van der Waals surface area contributed by atoms with Crippen LogP contribution in [0.3, 0.4) is 0 Å². The molecule has 128 valence electrons. The van der Waals surface area contributed by atoms with Crippen molar-refractivity contribution < 1.29 is 0 Å². The van der Waals surface area contributed by atoms with E-state index in [4.69, 9.17) is 0 Å². The normalized spacial score (nSPS) is 14.6. The SMILES string of the molecule is C(#Cc1ccccc1)C(C#Cc1ccccc1)=C1C2=CC=CC=C1CCC2. The van der Waals surface area contributed by atoms with E-state index in [-0.39, 0.29) is 0 Å². The van der Waals surface area contributed by atoms with Gasteiger partial charge in [0.2, 0.25) is 0 Å². The van der Waals surface area contributed by atoms with Crippen molar-refractivity contribution >= 4 is 0 Å². The lowest BCUT2D eigenvalue weighted by Crippen LogP contribution is -2.04. The maximum atomic E-state index is 3.38. The Kier molecular flexibility index (Phi) is 5.19. The van der Waals surface area contributed by atoms with E-state index in [0.29, 0.717) is 0 Å². The monoisotopic (exact) mass is 344 g/mol. The first-order valence-corrected chi connectivity index (χ1v) is 9.36. The first kappa shape index (κ1) is 17.0. The van der Waals surface area contributed by atoms with E-state index in [2.05, 4.69) is 48.0 Å². The van der Waals surface area contributed by atoms with E-state index in [9.17, 15) is 0 Å². The highest BCUT2D eigenvalue weighted by molar-refractivity contribution is 5.65. The Bertz CT molecular complexity index is 981. The molecule has 0 amide bonds. The molecule has 0 radical (unpaired) electrons. The zero-order valence-electron chi connectivity index (χ0n) is 15.2. The molecule has 0 aliphatic heterocycles. The lowest BCUT2D eigenvalue weighted by molar-refractivity contribution is 0.773. The van der Waals surface area contributed by atoms with Crippen molar-refractivity contribution in [1.29, 1.82) is 0 Å². The van der Waals surface area contributed by atoms with Gasteiger partial charge in [-0.3, -0.25) is 0 Å². The fourth-order valence-electron chi connectivity index (χ4n) is 3.39. The number of benzene rings is 2. The highest BCUT2D eigenvalue weighted by atomic mass is 14.2. The minimum Gasteiger partial charge on any atom is -0.0622 e. The van der Waals surface area contributed by atoms with Gasteiger partial charge in [0.1, 0.15) is 0 Å². The molecule has 4 rings (SSSR count). The third-order valence-electron chi connectivity index (χ3n) is 4.70. The van der Waals surface area contributed by atoms with Crippen molar-refractivity contribution in [2.45, 2.75) is 19.3 Å². The standard InChI is InChI=1S/C27H20/c1-3-10-22(11-4-1)18-20-26(21-19-23-12-5-2-6-13-23)27-24-14-7-8-15-25(27)17-9-16-24/h1-8,10-15H,9,16-17H2. The molecule has 27 heavy (non-hydrogen) atoms. The van der Waals surface area contributed by atoms with Gasteiger partial charge in [-0.2, -0.15) is 0 Å². The number of allylic oxidation sites excluding steroid dienone is 8. The van der Waals surface area contributed by atoms with Gasteiger partial charge in [-0.25, -0.2) is 0 Å². The summed E-state index contributed by atoms with van der Waals surface area (Å²) in [7, 11) is 0. The summed E-state index contributed by atoms with van der Waals surface area (Å²) in [5, 5.41) is 0. The second-order valence-electron chi connectivity index (χ2n) is 6.60. The third-order valence-corrected chi connectivity index (χ3v) is 4.70. The van der Waals surface area contributed by atoms with E-state index in [1.807, 2.05) is 60.7 Å². The van der Waals surface area contributed by atoms with Gasteiger partial charge in [-0.15, -0.1) is 0 Å². The second-order valence-corrected chi connectivity index (χ2v) is 6.60. The molecule has 0 heteroatoms. The molecule has 2 aromatic carbocycles. The van der Waals surface area contributed by atoms with Crippen molar-refractivity contribution in [3.8, 4) is 23.7 Å². The Hall–Kier alpha value is -3.48. The highest BCUT2D eigenvalue weighted by Gasteiger charge is 2.20. The highest BCUT2D eigenvalue weighted by Crippen LogP contribution is 2.36. The van der Waals surface area contributed by atoms with Gasteiger partial charge >= 0.3 is 0 Å². The van der Waals surface area contributed by atoms with Gasteiger partial charge < -0.3 is 0 Å². The maximum Gasteiger partial charge on any atom is 0.0829 e. The molecule has 1 saturated carbocycles. The molecule has 1 fully saturated rings. The largest absolute Gasteiger partial charge is 0.0829 e. The van der Waals surface area contributed by atoms with E-state index < -0.39 is 0 Å². The average Bonchev–Trinajstić information content (AvgIpc) is 2.84. The lowest BCUT2D eigenvalue weighted by Gasteiger charge is -2.21. The molecule has 2 aromatic rings. The number of fused-ring (bicyclic) bond motifs is 2. The number of hydrogen-bond donors (Lipinski definition) is 0. The van der Waals surface area contributed by atoms with E-state index in [1.165, 1.54) is 23.1 Å². The van der Waals surface area contributed by atoms with Crippen LogP contribution in [0.4, 0.5) is 0 Å². The summed E-state index contributed by atoms with van der Waals surface area (Å²) in [6.07, 6.45) is 12.0. The minimum atomic E-state index is 0.920. The molecular weight excluding hydrogens is 324 g/mol. The summed E-state index contributed by atoms with van der Waals surface area (Å²) in [6, 6.07) is 20.2. The maximum absolute atomic E-state index is 3.38. The third kappa shape index (κ3) is 4.20. The molecule has 0 aromatic heterocycles. The lowest BCUT2D eigenvalue weighted by atomic mass is 9.82.